The number of hydrogen-bond acceptors (Lipinski definition) is 3. The van der Waals surface area contributed by atoms with Crippen LogP contribution >= 0.6 is 0 Å². The third kappa shape index (κ3) is 4.72. The normalized spacial score (nSPS) is 22.3. The van der Waals surface area contributed by atoms with Crippen molar-refractivity contribution in [3.8, 4) is 0 Å². The molecule has 1 aliphatic heterocycles. The lowest BCUT2D eigenvalue weighted by molar-refractivity contribution is -0.907. The number of allylic oxidation sites excluding steroid dienone is 2. The van der Waals surface area contributed by atoms with Gasteiger partial charge in [-0.3, -0.25) is 4.79 Å². The van der Waals surface area contributed by atoms with E-state index in [4.69, 9.17) is 0 Å². The monoisotopic (exact) mass is 378 g/mol. The minimum Gasteiger partial charge on any atom is -0.333 e. The summed E-state index contributed by atoms with van der Waals surface area (Å²) in [6.45, 7) is 5.42. The summed E-state index contributed by atoms with van der Waals surface area (Å²) in [6.07, 6.45) is 8.12. The van der Waals surface area contributed by atoms with Gasteiger partial charge in [0.15, 0.2) is 0 Å². The first kappa shape index (κ1) is 19.1. The van der Waals surface area contributed by atoms with E-state index in [9.17, 15) is 13.2 Å². The molecule has 1 aromatic carbocycles. The molecule has 0 spiro atoms. The predicted molar refractivity (Wildman–Crippen MR) is 102 cm³/mol. The number of rotatable bonds is 5. The SMILES string of the molecule is CC(=O)Nc1ccc(S(=O)(=O)N2CC[NH+](C[C@H]3CC=CCC3)CC2)cc1. The van der Waals surface area contributed by atoms with Crippen molar-refractivity contribution < 1.29 is 18.1 Å². The highest BCUT2D eigenvalue weighted by Gasteiger charge is 2.31. The van der Waals surface area contributed by atoms with Crippen molar-refractivity contribution in [3.63, 3.8) is 0 Å². The van der Waals surface area contributed by atoms with Gasteiger partial charge in [0.05, 0.1) is 37.6 Å². The van der Waals surface area contributed by atoms with E-state index < -0.39 is 10.0 Å². The predicted octanol–water partition coefficient (Wildman–Crippen LogP) is 0.891. The summed E-state index contributed by atoms with van der Waals surface area (Å²) in [7, 11) is -3.47. The van der Waals surface area contributed by atoms with Crippen molar-refractivity contribution in [2.24, 2.45) is 5.92 Å². The van der Waals surface area contributed by atoms with Crippen LogP contribution in [0.25, 0.3) is 0 Å². The van der Waals surface area contributed by atoms with Gasteiger partial charge < -0.3 is 10.2 Å². The molecule has 0 saturated carbocycles. The van der Waals surface area contributed by atoms with Gasteiger partial charge in [0.1, 0.15) is 0 Å². The van der Waals surface area contributed by atoms with Crippen LogP contribution in [0.5, 0.6) is 0 Å². The van der Waals surface area contributed by atoms with Crippen LogP contribution in [0.1, 0.15) is 26.2 Å². The first-order chi connectivity index (χ1) is 12.4. The van der Waals surface area contributed by atoms with E-state index in [0.29, 0.717) is 18.8 Å². The molecule has 2 N–H and O–H groups in total. The number of carbonyl (C=O) groups is 1. The van der Waals surface area contributed by atoms with E-state index in [2.05, 4.69) is 17.5 Å². The van der Waals surface area contributed by atoms with Gasteiger partial charge in [-0.25, -0.2) is 8.42 Å². The van der Waals surface area contributed by atoms with Crippen LogP contribution in [0.4, 0.5) is 5.69 Å². The van der Waals surface area contributed by atoms with Crippen LogP contribution in [0, 0.1) is 5.92 Å². The lowest BCUT2D eigenvalue weighted by Crippen LogP contribution is -3.15. The molecule has 1 saturated heterocycles. The Balaban J connectivity index is 1.57. The van der Waals surface area contributed by atoms with Crippen molar-refractivity contribution in [1.29, 1.82) is 0 Å². The zero-order valence-electron chi connectivity index (χ0n) is 15.3. The Labute approximate surface area is 155 Å². The van der Waals surface area contributed by atoms with E-state index in [0.717, 1.165) is 32.0 Å². The molecule has 0 radical (unpaired) electrons. The lowest BCUT2D eigenvalue weighted by Gasteiger charge is -2.33. The number of nitrogens with zero attached hydrogens (tertiary/aromatic N) is 1. The summed E-state index contributed by atoms with van der Waals surface area (Å²) in [5.41, 5.74) is 0.604. The van der Waals surface area contributed by atoms with Gasteiger partial charge >= 0.3 is 0 Å². The van der Waals surface area contributed by atoms with Crippen molar-refractivity contribution in [2.45, 2.75) is 31.1 Å². The van der Waals surface area contributed by atoms with Gasteiger partial charge in [-0.15, -0.1) is 0 Å². The number of piperazine rings is 1. The molecular weight excluding hydrogens is 350 g/mol. The second-order valence-corrected chi connectivity index (χ2v) is 9.15. The number of nitrogens with one attached hydrogen (secondary N) is 2. The summed E-state index contributed by atoms with van der Waals surface area (Å²) in [4.78, 5) is 12.9. The largest absolute Gasteiger partial charge is 0.333 e. The second-order valence-electron chi connectivity index (χ2n) is 7.21. The number of benzene rings is 1. The van der Waals surface area contributed by atoms with E-state index in [1.54, 1.807) is 28.6 Å². The van der Waals surface area contributed by atoms with Crippen molar-refractivity contribution in [2.75, 3.05) is 38.0 Å². The maximum Gasteiger partial charge on any atom is 0.243 e. The quantitative estimate of drug-likeness (QED) is 0.748. The Morgan fingerprint density at radius 2 is 1.88 bits per heavy atom. The standard InChI is InChI=1S/C19H27N3O3S/c1-16(23)20-18-7-9-19(10-8-18)26(24,25)22-13-11-21(12-14-22)15-17-5-3-2-4-6-17/h2-3,7-10,17H,4-6,11-15H2,1H3,(H,20,23)/p+1/t17-/m0/s1. The molecule has 2 aliphatic rings. The van der Waals surface area contributed by atoms with Gasteiger partial charge in [-0.2, -0.15) is 4.31 Å². The van der Waals surface area contributed by atoms with E-state index >= 15 is 0 Å². The number of quaternary nitrogens is 1. The van der Waals surface area contributed by atoms with E-state index in [1.807, 2.05) is 0 Å². The van der Waals surface area contributed by atoms with Gasteiger partial charge in [-0.05, 0) is 43.5 Å². The fourth-order valence-corrected chi connectivity index (χ4v) is 5.20. The molecule has 26 heavy (non-hydrogen) atoms. The molecule has 1 amide bonds. The fourth-order valence-electron chi connectivity index (χ4n) is 3.76. The van der Waals surface area contributed by atoms with E-state index in [-0.39, 0.29) is 10.8 Å². The molecule has 7 heteroatoms. The van der Waals surface area contributed by atoms with Gasteiger partial charge in [0, 0.05) is 18.5 Å². The first-order valence-electron chi connectivity index (χ1n) is 9.31. The maximum atomic E-state index is 12.8. The Kier molecular flexibility index (Phi) is 6.11. The van der Waals surface area contributed by atoms with Crippen molar-refractivity contribution in [3.05, 3.63) is 36.4 Å². The van der Waals surface area contributed by atoms with Crippen LogP contribution < -0.4 is 10.2 Å². The van der Waals surface area contributed by atoms with Crippen molar-refractivity contribution >= 4 is 21.6 Å². The molecule has 3 rings (SSSR count). The van der Waals surface area contributed by atoms with E-state index in [1.165, 1.54) is 24.7 Å². The Bertz CT molecular complexity index is 751. The van der Waals surface area contributed by atoms with Crippen LogP contribution in [0.15, 0.2) is 41.3 Å². The summed E-state index contributed by atoms with van der Waals surface area (Å²) in [5.74, 6) is 0.563. The minimum atomic E-state index is -3.47. The zero-order valence-corrected chi connectivity index (χ0v) is 16.1. The van der Waals surface area contributed by atoms with Crippen LogP contribution in [-0.2, 0) is 14.8 Å². The smallest absolute Gasteiger partial charge is 0.243 e. The third-order valence-corrected chi connectivity index (χ3v) is 7.11. The molecular formula is C19H28N3O3S+. The summed E-state index contributed by atoms with van der Waals surface area (Å²) < 4.78 is 27.3. The number of anilines is 1. The zero-order chi connectivity index (χ0) is 18.6. The minimum absolute atomic E-state index is 0.173. The van der Waals surface area contributed by atoms with Crippen molar-refractivity contribution in [1.82, 2.24) is 4.31 Å². The van der Waals surface area contributed by atoms with Crippen LogP contribution in [-0.4, -0.2) is 51.4 Å². The molecule has 142 valence electrons. The topological polar surface area (TPSA) is 70.9 Å². The highest BCUT2D eigenvalue weighted by molar-refractivity contribution is 7.89. The number of hydrogen-bond donors (Lipinski definition) is 2. The summed E-state index contributed by atoms with van der Waals surface area (Å²) in [5, 5.41) is 2.65. The summed E-state index contributed by atoms with van der Waals surface area (Å²) >= 11 is 0. The number of sulfonamides is 1. The Morgan fingerprint density at radius 3 is 2.46 bits per heavy atom. The average Bonchev–Trinajstić information content (AvgIpc) is 2.63. The average molecular weight is 379 g/mol. The lowest BCUT2D eigenvalue weighted by atomic mass is 9.94. The van der Waals surface area contributed by atoms with Crippen LogP contribution in [0.3, 0.4) is 0 Å². The second kappa shape index (κ2) is 8.33. The van der Waals surface area contributed by atoms with Gasteiger partial charge in [0.2, 0.25) is 15.9 Å². The molecule has 1 aromatic rings. The van der Waals surface area contributed by atoms with Gasteiger partial charge in [0.25, 0.3) is 0 Å². The molecule has 1 aliphatic carbocycles. The molecule has 1 fully saturated rings. The molecule has 1 heterocycles. The van der Waals surface area contributed by atoms with Crippen LogP contribution in [0.2, 0.25) is 0 Å². The first-order valence-corrected chi connectivity index (χ1v) is 10.8. The highest BCUT2D eigenvalue weighted by Crippen LogP contribution is 2.19. The maximum absolute atomic E-state index is 12.8. The Morgan fingerprint density at radius 1 is 1.19 bits per heavy atom. The molecule has 6 nitrogen and oxygen atoms in total. The number of carbonyl (C=O) groups excluding carboxylic acids is 1. The molecule has 0 bridgehead atoms. The fraction of sp³-hybridized carbons (Fsp3) is 0.526. The van der Waals surface area contributed by atoms with Gasteiger partial charge in [-0.1, -0.05) is 12.2 Å². The number of amides is 1. The Hall–Kier alpha value is -1.70. The third-order valence-electron chi connectivity index (χ3n) is 5.20. The molecule has 0 unspecified atom stereocenters. The summed E-state index contributed by atoms with van der Waals surface area (Å²) in [6, 6.07) is 6.39. The molecule has 1 atom stereocenters. The highest BCUT2D eigenvalue weighted by atomic mass is 32.2. The molecule has 0 aromatic heterocycles.